The van der Waals surface area contributed by atoms with Gasteiger partial charge in [0.25, 0.3) is 0 Å². The summed E-state index contributed by atoms with van der Waals surface area (Å²) < 4.78 is 0. The van der Waals surface area contributed by atoms with E-state index in [1.807, 2.05) is 38.1 Å². The summed E-state index contributed by atoms with van der Waals surface area (Å²) in [5.74, 6) is 1.56. The van der Waals surface area contributed by atoms with E-state index in [1.54, 1.807) is 6.20 Å². The number of carbonyl (C=O) groups is 1. The number of anilines is 2. The van der Waals surface area contributed by atoms with Gasteiger partial charge in [-0.25, -0.2) is 14.8 Å². The van der Waals surface area contributed by atoms with Gasteiger partial charge < -0.3 is 10.2 Å². The third kappa shape index (κ3) is 4.22. The SMILES string of the molecule is Cc1cc(C)nc(NC(=O)NCc2ccnc(N3CCCC3)c2)c1. The van der Waals surface area contributed by atoms with Crippen LogP contribution in [0.2, 0.25) is 0 Å². The van der Waals surface area contributed by atoms with Gasteiger partial charge in [0, 0.05) is 31.5 Å². The standard InChI is InChI=1S/C18H23N5O/c1-13-9-14(2)21-16(10-13)22-18(24)20-12-15-5-6-19-17(11-15)23-7-3-4-8-23/h5-6,9-11H,3-4,7-8,12H2,1-2H3,(H2,20,21,22,24). The first-order valence-corrected chi connectivity index (χ1v) is 8.30. The predicted octanol–water partition coefficient (Wildman–Crippen LogP) is 3.02. The summed E-state index contributed by atoms with van der Waals surface area (Å²) in [6.07, 6.45) is 4.24. The van der Waals surface area contributed by atoms with Crippen LogP contribution in [0.15, 0.2) is 30.5 Å². The van der Waals surface area contributed by atoms with Crippen LogP contribution < -0.4 is 15.5 Å². The van der Waals surface area contributed by atoms with Gasteiger partial charge in [-0.15, -0.1) is 0 Å². The molecule has 126 valence electrons. The van der Waals surface area contributed by atoms with Crippen LogP contribution >= 0.6 is 0 Å². The average molecular weight is 325 g/mol. The minimum atomic E-state index is -0.257. The van der Waals surface area contributed by atoms with Crippen molar-refractivity contribution in [1.82, 2.24) is 15.3 Å². The van der Waals surface area contributed by atoms with Gasteiger partial charge in [0.2, 0.25) is 0 Å². The lowest BCUT2D eigenvalue weighted by atomic mass is 10.2. The molecule has 0 saturated carbocycles. The Balaban J connectivity index is 1.57. The zero-order valence-electron chi connectivity index (χ0n) is 14.2. The van der Waals surface area contributed by atoms with Crippen LogP contribution in [-0.4, -0.2) is 29.1 Å². The van der Waals surface area contributed by atoms with E-state index in [-0.39, 0.29) is 6.03 Å². The van der Waals surface area contributed by atoms with Crippen molar-refractivity contribution < 1.29 is 4.79 Å². The molecule has 0 spiro atoms. The first kappa shape index (κ1) is 16.2. The molecule has 24 heavy (non-hydrogen) atoms. The maximum Gasteiger partial charge on any atom is 0.320 e. The molecule has 0 bridgehead atoms. The summed E-state index contributed by atoms with van der Waals surface area (Å²) >= 11 is 0. The fourth-order valence-electron chi connectivity index (χ4n) is 2.94. The Bertz CT molecular complexity index is 705. The van der Waals surface area contributed by atoms with Crippen molar-refractivity contribution in [2.24, 2.45) is 0 Å². The molecule has 2 N–H and O–H groups in total. The predicted molar refractivity (Wildman–Crippen MR) is 95.3 cm³/mol. The number of amides is 2. The molecule has 0 unspecified atom stereocenters. The van der Waals surface area contributed by atoms with Gasteiger partial charge in [-0.1, -0.05) is 0 Å². The zero-order chi connectivity index (χ0) is 16.9. The number of rotatable bonds is 4. The van der Waals surface area contributed by atoms with E-state index < -0.39 is 0 Å². The van der Waals surface area contributed by atoms with E-state index >= 15 is 0 Å². The molecule has 0 atom stereocenters. The number of hydrogen-bond donors (Lipinski definition) is 2. The molecule has 0 aliphatic carbocycles. The molecule has 1 aliphatic heterocycles. The summed E-state index contributed by atoms with van der Waals surface area (Å²) in [4.78, 5) is 23.1. The molecule has 6 nitrogen and oxygen atoms in total. The summed E-state index contributed by atoms with van der Waals surface area (Å²) in [5, 5.41) is 5.64. The van der Waals surface area contributed by atoms with Crippen molar-refractivity contribution in [2.45, 2.75) is 33.2 Å². The van der Waals surface area contributed by atoms with Crippen LogP contribution in [0.25, 0.3) is 0 Å². The molecular formula is C18H23N5O. The molecule has 0 aromatic carbocycles. The second-order valence-electron chi connectivity index (χ2n) is 6.20. The fraction of sp³-hybridized carbons (Fsp3) is 0.389. The highest BCUT2D eigenvalue weighted by Crippen LogP contribution is 2.18. The Hall–Kier alpha value is -2.63. The molecule has 0 radical (unpaired) electrons. The second-order valence-corrected chi connectivity index (χ2v) is 6.20. The van der Waals surface area contributed by atoms with Gasteiger partial charge in [-0.05, 0) is 62.1 Å². The summed E-state index contributed by atoms with van der Waals surface area (Å²) in [7, 11) is 0. The Morgan fingerprint density at radius 2 is 2.00 bits per heavy atom. The lowest BCUT2D eigenvalue weighted by molar-refractivity contribution is 0.251. The molecule has 1 saturated heterocycles. The minimum Gasteiger partial charge on any atom is -0.357 e. The lowest BCUT2D eigenvalue weighted by Gasteiger charge is -2.17. The van der Waals surface area contributed by atoms with Gasteiger partial charge in [-0.3, -0.25) is 5.32 Å². The van der Waals surface area contributed by atoms with Crippen LogP contribution in [0.3, 0.4) is 0 Å². The molecule has 3 rings (SSSR count). The normalized spacial score (nSPS) is 13.8. The van der Waals surface area contributed by atoms with Crippen molar-refractivity contribution in [2.75, 3.05) is 23.3 Å². The van der Waals surface area contributed by atoms with Crippen molar-refractivity contribution in [3.63, 3.8) is 0 Å². The van der Waals surface area contributed by atoms with E-state index in [0.717, 1.165) is 35.7 Å². The smallest absolute Gasteiger partial charge is 0.320 e. The highest BCUT2D eigenvalue weighted by Gasteiger charge is 2.13. The van der Waals surface area contributed by atoms with Gasteiger partial charge in [0.15, 0.2) is 0 Å². The summed E-state index contributed by atoms with van der Waals surface area (Å²) in [5.41, 5.74) is 2.99. The number of pyridine rings is 2. The molecule has 6 heteroatoms. The maximum absolute atomic E-state index is 12.1. The largest absolute Gasteiger partial charge is 0.357 e. The molecular weight excluding hydrogens is 302 g/mol. The third-order valence-electron chi connectivity index (χ3n) is 4.03. The molecule has 2 amide bonds. The van der Waals surface area contributed by atoms with Crippen molar-refractivity contribution in [3.05, 3.63) is 47.3 Å². The monoisotopic (exact) mass is 325 g/mol. The van der Waals surface area contributed by atoms with Crippen LogP contribution in [-0.2, 0) is 6.54 Å². The van der Waals surface area contributed by atoms with E-state index in [2.05, 4.69) is 25.5 Å². The van der Waals surface area contributed by atoms with Crippen LogP contribution in [0, 0.1) is 13.8 Å². The van der Waals surface area contributed by atoms with Crippen molar-refractivity contribution >= 4 is 17.7 Å². The number of aryl methyl sites for hydroxylation is 2. The topological polar surface area (TPSA) is 70.1 Å². The fourth-order valence-corrected chi connectivity index (χ4v) is 2.94. The van der Waals surface area contributed by atoms with Gasteiger partial charge in [0.1, 0.15) is 11.6 Å². The maximum atomic E-state index is 12.1. The molecule has 1 aliphatic rings. The quantitative estimate of drug-likeness (QED) is 0.906. The summed E-state index contributed by atoms with van der Waals surface area (Å²) in [6.45, 7) is 6.47. The minimum absolute atomic E-state index is 0.257. The number of urea groups is 1. The highest BCUT2D eigenvalue weighted by molar-refractivity contribution is 5.88. The number of carbonyl (C=O) groups excluding carboxylic acids is 1. The van der Waals surface area contributed by atoms with E-state index in [9.17, 15) is 4.79 Å². The zero-order valence-corrected chi connectivity index (χ0v) is 14.2. The van der Waals surface area contributed by atoms with Gasteiger partial charge >= 0.3 is 6.03 Å². The van der Waals surface area contributed by atoms with Gasteiger partial charge in [-0.2, -0.15) is 0 Å². The number of aromatic nitrogens is 2. The van der Waals surface area contributed by atoms with Gasteiger partial charge in [0.05, 0.1) is 0 Å². The highest BCUT2D eigenvalue weighted by atomic mass is 16.2. The third-order valence-corrected chi connectivity index (χ3v) is 4.03. The van der Waals surface area contributed by atoms with Crippen molar-refractivity contribution in [1.29, 1.82) is 0 Å². The first-order chi connectivity index (χ1) is 11.6. The van der Waals surface area contributed by atoms with Crippen LogP contribution in [0.5, 0.6) is 0 Å². The van der Waals surface area contributed by atoms with Crippen LogP contribution in [0.1, 0.15) is 29.7 Å². The number of nitrogens with one attached hydrogen (secondary N) is 2. The Morgan fingerprint density at radius 3 is 2.75 bits per heavy atom. The van der Waals surface area contributed by atoms with E-state index in [0.29, 0.717) is 12.4 Å². The Morgan fingerprint density at radius 1 is 1.21 bits per heavy atom. The van der Waals surface area contributed by atoms with E-state index in [4.69, 9.17) is 0 Å². The molecule has 2 aromatic heterocycles. The number of hydrogen-bond acceptors (Lipinski definition) is 4. The molecule has 1 fully saturated rings. The molecule has 3 heterocycles. The molecule has 2 aromatic rings. The lowest BCUT2D eigenvalue weighted by Crippen LogP contribution is -2.29. The number of nitrogens with zero attached hydrogens (tertiary/aromatic N) is 3. The van der Waals surface area contributed by atoms with Crippen molar-refractivity contribution in [3.8, 4) is 0 Å². The second kappa shape index (κ2) is 7.29. The first-order valence-electron chi connectivity index (χ1n) is 8.30. The van der Waals surface area contributed by atoms with Crippen LogP contribution in [0.4, 0.5) is 16.4 Å². The average Bonchev–Trinajstić information content (AvgIpc) is 3.07. The van der Waals surface area contributed by atoms with E-state index in [1.165, 1.54) is 12.8 Å². The Labute approximate surface area is 142 Å². The Kier molecular flexibility index (Phi) is 4.93. The summed E-state index contributed by atoms with van der Waals surface area (Å²) in [6, 6.07) is 7.53.